The van der Waals surface area contributed by atoms with Crippen molar-refractivity contribution in [2.75, 3.05) is 31.6 Å². The summed E-state index contributed by atoms with van der Waals surface area (Å²) in [5, 5.41) is 18.8. The average molecular weight is 434 g/mol. The molecule has 156 valence electrons. The molecule has 1 aliphatic heterocycles. The second-order valence-corrected chi connectivity index (χ2v) is 10.6. The van der Waals surface area contributed by atoms with Gasteiger partial charge in [0.2, 0.25) is 20.0 Å². The molecule has 3 rings (SSSR count). The van der Waals surface area contributed by atoms with Crippen LogP contribution in [0.5, 0.6) is 0 Å². The number of sulfonamides is 2. The fourth-order valence-electron chi connectivity index (χ4n) is 3.14. The lowest BCUT2D eigenvalue weighted by Crippen LogP contribution is -2.51. The second kappa shape index (κ2) is 7.91. The molecular formula is C15H22N4O7S2. The van der Waals surface area contributed by atoms with Crippen molar-refractivity contribution in [2.24, 2.45) is 5.14 Å². The number of nitro groups is 1. The summed E-state index contributed by atoms with van der Waals surface area (Å²) in [6.07, 6.45) is 1.77. The van der Waals surface area contributed by atoms with Gasteiger partial charge >= 0.3 is 0 Å². The van der Waals surface area contributed by atoms with E-state index in [-0.39, 0.29) is 35.5 Å². The number of nitro benzene ring substituents is 1. The van der Waals surface area contributed by atoms with E-state index >= 15 is 0 Å². The van der Waals surface area contributed by atoms with E-state index in [1.807, 2.05) is 0 Å². The van der Waals surface area contributed by atoms with Gasteiger partial charge in [-0.15, -0.1) is 0 Å². The van der Waals surface area contributed by atoms with Crippen LogP contribution in [0, 0.1) is 10.1 Å². The van der Waals surface area contributed by atoms with Crippen molar-refractivity contribution in [1.29, 1.82) is 0 Å². The van der Waals surface area contributed by atoms with Gasteiger partial charge in [-0.2, -0.15) is 4.31 Å². The molecule has 2 aliphatic rings. The van der Waals surface area contributed by atoms with Gasteiger partial charge in [0.25, 0.3) is 5.69 Å². The van der Waals surface area contributed by atoms with Crippen molar-refractivity contribution in [3.8, 4) is 0 Å². The van der Waals surface area contributed by atoms with Crippen LogP contribution in [-0.2, 0) is 24.8 Å². The van der Waals surface area contributed by atoms with Gasteiger partial charge in [-0.3, -0.25) is 10.1 Å². The van der Waals surface area contributed by atoms with Crippen LogP contribution in [0.2, 0.25) is 0 Å². The molecule has 11 nitrogen and oxygen atoms in total. The molecule has 0 amide bonds. The Kier molecular flexibility index (Phi) is 5.91. The van der Waals surface area contributed by atoms with Gasteiger partial charge in [-0.05, 0) is 25.0 Å². The van der Waals surface area contributed by atoms with E-state index in [9.17, 15) is 26.9 Å². The summed E-state index contributed by atoms with van der Waals surface area (Å²) in [6.45, 7) is 0.824. The van der Waals surface area contributed by atoms with Crippen LogP contribution < -0.4 is 10.5 Å². The van der Waals surface area contributed by atoms with Crippen LogP contribution in [0.4, 0.5) is 11.4 Å². The third-order valence-corrected chi connectivity index (χ3v) is 8.23. The highest BCUT2D eigenvalue weighted by Crippen LogP contribution is 2.30. The first-order valence-corrected chi connectivity index (χ1v) is 11.8. The molecule has 0 spiro atoms. The molecule has 0 radical (unpaired) electrons. The number of nitrogens with zero attached hydrogens (tertiary/aromatic N) is 2. The summed E-state index contributed by atoms with van der Waals surface area (Å²) in [5.74, 6) is 0. The quantitative estimate of drug-likeness (QED) is 0.455. The fraction of sp³-hybridized carbons (Fsp3) is 0.600. The van der Waals surface area contributed by atoms with Gasteiger partial charge in [0, 0.05) is 25.7 Å². The Hall–Kier alpha value is -1.80. The highest BCUT2D eigenvalue weighted by molar-refractivity contribution is 7.89. The van der Waals surface area contributed by atoms with Crippen molar-refractivity contribution < 1.29 is 26.5 Å². The maximum absolute atomic E-state index is 12.6. The van der Waals surface area contributed by atoms with Crippen molar-refractivity contribution >= 4 is 31.4 Å². The van der Waals surface area contributed by atoms with Gasteiger partial charge in [-0.25, -0.2) is 22.0 Å². The zero-order valence-electron chi connectivity index (χ0n) is 15.0. The summed E-state index contributed by atoms with van der Waals surface area (Å²) >= 11 is 0. The third kappa shape index (κ3) is 4.43. The molecule has 1 aliphatic carbocycles. The monoisotopic (exact) mass is 434 g/mol. The molecule has 1 aromatic rings. The molecule has 1 heterocycles. The average Bonchev–Trinajstić information content (AvgIpc) is 2.57. The van der Waals surface area contributed by atoms with Crippen LogP contribution in [0.3, 0.4) is 0 Å². The highest BCUT2D eigenvalue weighted by Gasteiger charge is 2.38. The predicted molar refractivity (Wildman–Crippen MR) is 101 cm³/mol. The Balaban J connectivity index is 1.69. The van der Waals surface area contributed by atoms with Crippen molar-refractivity contribution in [3.63, 3.8) is 0 Å². The van der Waals surface area contributed by atoms with Gasteiger partial charge < -0.3 is 10.1 Å². The summed E-state index contributed by atoms with van der Waals surface area (Å²) < 4.78 is 54.9. The number of benzene rings is 1. The molecule has 3 N–H and O–H groups in total. The topological polar surface area (TPSA) is 162 Å². The van der Waals surface area contributed by atoms with Gasteiger partial charge in [0.1, 0.15) is 5.69 Å². The lowest BCUT2D eigenvalue weighted by molar-refractivity contribution is -0.384. The molecule has 28 heavy (non-hydrogen) atoms. The molecule has 2 fully saturated rings. The number of primary sulfonamides is 1. The molecule has 0 bridgehead atoms. The number of ether oxygens (including phenoxy) is 1. The zero-order chi connectivity index (χ0) is 20.5. The van der Waals surface area contributed by atoms with Crippen molar-refractivity contribution in [2.45, 2.75) is 35.5 Å². The lowest BCUT2D eigenvalue weighted by Gasteiger charge is -2.37. The number of nitrogens with one attached hydrogen (secondary N) is 1. The standard InChI is InChI=1S/C15H22N4O7S2/c16-27(22,23)13-4-5-14(15(8-13)19(20)21)17-9-11-10-18(6-7-26-11)28(24,25)12-2-1-3-12/h4-5,8,11-12,17H,1-3,6-7,9-10H2,(H2,16,22,23). The molecule has 0 aromatic heterocycles. The van der Waals surface area contributed by atoms with Crippen LogP contribution >= 0.6 is 0 Å². The van der Waals surface area contributed by atoms with Crippen LogP contribution in [0.15, 0.2) is 23.1 Å². The minimum Gasteiger partial charge on any atom is -0.377 e. The summed E-state index contributed by atoms with van der Waals surface area (Å²) in [7, 11) is -7.42. The summed E-state index contributed by atoms with van der Waals surface area (Å²) in [5.41, 5.74) is -0.346. The Labute approximate surface area is 163 Å². The van der Waals surface area contributed by atoms with E-state index in [0.29, 0.717) is 19.4 Å². The summed E-state index contributed by atoms with van der Waals surface area (Å²) in [4.78, 5) is 10.2. The number of hydrogen-bond donors (Lipinski definition) is 2. The first-order valence-electron chi connectivity index (χ1n) is 8.74. The molecule has 1 unspecified atom stereocenters. The number of nitrogens with two attached hydrogens (primary N) is 1. The SMILES string of the molecule is NS(=O)(=O)c1ccc(NCC2CN(S(=O)(=O)C3CCC3)CCO2)c([N+](=O)[O-])c1. The van der Waals surface area contributed by atoms with E-state index in [1.165, 1.54) is 16.4 Å². The molecular weight excluding hydrogens is 412 g/mol. The Morgan fingerprint density at radius 2 is 2.00 bits per heavy atom. The fourth-order valence-corrected chi connectivity index (χ4v) is 5.73. The van der Waals surface area contributed by atoms with E-state index < -0.39 is 36.8 Å². The van der Waals surface area contributed by atoms with Crippen LogP contribution in [0.1, 0.15) is 19.3 Å². The number of morpholine rings is 1. The molecule has 1 saturated carbocycles. The minimum absolute atomic E-state index is 0.0972. The number of hydrogen-bond acceptors (Lipinski definition) is 8. The normalized spacial score (nSPS) is 21.8. The molecule has 1 saturated heterocycles. The van der Waals surface area contributed by atoms with Gasteiger partial charge in [0.15, 0.2) is 0 Å². The largest absolute Gasteiger partial charge is 0.377 e. The maximum Gasteiger partial charge on any atom is 0.293 e. The van der Waals surface area contributed by atoms with E-state index in [2.05, 4.69) is 5.32 Å². The minimum atomic E-state index is -4.07. The van der Waals surface area contributed by atoms with Gasteiger partial charge in [0.05, 0.1) is 27.8 Å². The van der Waals surface area contributed by atoms with E-state index in [1.54, 1.807) is 0 Å². The lowest BCUT2D eigenvalue weighted by atomic mass is 10.0. The Bertz CT molecular complexity index is 961. The van der Waals surface area contributed by atoms with Crippen LogP contribution in [-0.4, -0.2) is 63.7 Å². The Morgan fingerprint density at radius 1 is 1.29 bits per heavy atom. The Morgan fingerprint density at radius 3 is 2.57 bits per heavy atom. The first-order chi connectivity index (χ1) is 13.1. The van der Waals surface area contributed by atoms with E-state index in [4.69, 9.17) is 9.88 Å². The first kappa shape index (κ1) is 20.9. The molecule has 13 heteroatoms. The number of anilines is 1. The van der Waals surface area contributed by atoms with Crippen LogP contribution in [0.25, 0.3) is 0 Å². The van der Waals surface area contributed by atoms with Gasteiger partial charge in [-0.1, -0.05) is 6.42 Å². The number of rotatable bonds is 7. The zero-order valence-corrected chi connectivity index (χ0v) is 16.6. The van der Waals surface area contributed by atoms with E-state index in [0.717, 1.165) is 12.5 Å². The second-order valence-electron chi connectivity index (χ2n) is 6.81. The third-order valence-electron chi connectivity index (χ3n) is 4.95. The molecule has 1 atom stereocenters. The smallest absolute Gasteiger partial charge is 0.293 e. The predicted octanol–water partition coefficient (Wildman–Crippen LogP) is 0.237. The highest BCUT2D eigenvalue weighted by atomic mass is 32.2. The summed E-state index contributed by atoms with van der Waals surface area (Å²) in [6, 6.07) is 3.30. The molecule has 1 aromatic carbocycles. The van der Waals surface area contributed by atoms with Crippen molar-refractivity contribution in [1.82, 2.24) is 4.31 Å². The maximum atomic E-state index is 12.6. The van der Waals surface area contributed by atoms with Crippen molar-refractivity contribution in [3.05, 3.63) is 28.3 Å².